The van der Waals surface area contributed by atoms with Gasteiger partial charge < -0.3 is 14.2 Å². The maximum Gasteiger partial charge on any atom is 0.186 e. The molecule has 1 rings (SSSR count). The van der Waals surface area contributed by atoms with E-state index in [1.807, 2.05) is 74.7 Å². The number of hydrogen-bond acceptors (Lipinski definition) is 4. The Hall–Kier alpha value is -2.49. The molecular weight excluding hydrogens is 264 g/mol. The fourth-order valence-corrected chi connectivity index (χ4v) is 1.43. The highest BCUT2D eigenvalue weighted by Crippen LogP contribution is 2.06. The van der Waals surface area contributed by atoms with E-state index in [9.17, 15) is 4.79 Å². The van der Waals surface area contributed by atoms with E-state index in [1.165, 1.54) is 12.1 Å². The van der Waals surface area contributed by atoms with E-state index >= 15 is 0 Å². The minimum Gasteiger partial charge on any atom is -0.457 e. The first-order valence-electron chi connectivity index (χ1n) is 6.65. The third-order valence-corrected chi connectivity index (χ3v) is 2.32. The van der Waals surface area contributed by atoms with Crippen molar-refractivity contribution < 1.29 is 4.42 Å². The van der Waals surface area contributed by atoms with Crippen LogP contribution < -0.4 is 5.43 Å². The van der Waals surface area contributed by atoms with Gasteiger partial charge in [0, 0.05) is 40.3 Å². The Morgan fingerprint density at radius 1 is 0.810 bits per heavy atom. The van der Waals surface area contributed by atoms with Gasteiger partial charge in [0.1, 0.15) is 11.5 Å². The van der Waals surface area contributed by atoms with Gasteiger partial charge in [0.05, 0.1) is 0 Å². The van der Waals surface area contributed by atoms with E-state index < -0.39 is 0 Å². The lowest BCUT2D eigenvalue weighted by Crippen LogP contribution is -1.99. The van der Waals surface area contributed by atoms with E-state index in [2.05, 4.69) is 0 Å². The van der Waals surface area contributed by atoms with Crippen LogP contribution in [0.2, 0.25) is 0 Å². The molecule has 21 heavy (non-hydrogen) atoms. The average molecular weight is 286 g/mol. The molecule has 0 saturated carbocycles. The lowest BCUT2D eigenvalue weighted by molar-refractivity contribution is 0.527. The molecule has 1 aromatic heterocycles. The van der Waals surface area contributed by atoms with Gasteiger partial charge in [-0.25, -0.2) is 0 Å². The molecule has 0 aliphatic rings. The smallest absolute Gasteiger partial charge is 0.186 e. The first-order valence-corrected chi connectivity index (χ1v) is 6.65. The Morgan fingerprint density at radius 2 is 1.24 bits per heavy atom. The van der Waals surface area contributed by atoms with Crippen molar-refractivity contribution >= 4 is 12.2 Å². The summed E-state index contributed by atoms with van der Waals surface area (Å²) < 4.78 is 5.60. The summed E-state index contributed by atoms with van der Waals surface area (Å²) in [6.45, 7) is 0. The minimum atomic E-state index is -0.0753. The summed E-state index contributed by atoms with van der Waals surface area (Å²) in [6.07, 6.45) is 14.7. The number of rotatable bonds is 6. The van der Waals surface area contributed by atoms with Crippen molar-refractivity contribution in [2.75, 3.05) is 28.2 Å². The van der Waals surface area contributed by atoms with Gasteiger partial charge in [-0.2, -0.15) is 0 Å². The summed E-state index contributed by atoms with van der Waals surface area (Å²) in [4.78, 5) is 15.5. The lowest BCUT2D eigenvalue weighted by atomic mass is 10.3. The summed E-state index contributed by atoms with van der Waals surface area (Å²) in [5.41, 5.74) is -0.0753. The van der Waals surface area contributed by atoms with Crippen LogP contribution in [0, 0.1) is 0 Å². The van der Waals surface area contributed by atoms with Crippen molar-refractivity contribution in [3.05, 3.63) is 70.6 Å². The van der Waals surface area contributed by atoms with Gasteiger partial charge in [-0.3, -0.25) is 4.79 Å². The largest absolute Gasteiger partial charge is 0.457 e. The average Bonchev–Trinajstić information content (AvgIpc) is 2.39. The molecule has 4 nitrogen and oxygen atoms in total. The van der Waals surface area contributed by atoms with E-state index in [4.69, 9.17) is 4.42 Å². The van der Waals surface area contributed by atoms with Gasteiger partial charge in [0.15, 0.2) is 5.43 Å². The van der Waals surface area contributed by atoms with Crippen molar-refractivity contribution in [3.8, 4) is 0 Å². The van der Waals surface area contributed by atoms with Crippen LogP contribution in [0.15, 0.2) is 58.0 Å². The monoisotopic (exact) mass is 286 g/mol. The van der Waals surface area contributed by atoms with Crippen LogP contribution in [-0.4, -0.2) is 38.0 Å². The summed E-state index contributed by atoms with van der Waals surface area (Å²) in [7, 11) is 7.77. The molecule has 0 spiro atoms. The Morgan fingerprint density at radius 3 is 1.62 bits per heavy atom. The maximum atomic E-state index is 11.6. The van der Waals surface area contributed by atoms with E-state index in [1.54, 1.807) is 12.2 Å². The van der Waals surface area contributed by atoms with Gasteiger partial charge in [-0.05, 0) is 36.7 Å². The van der Waals surface area contributed by atoms with Gasteiger partial charge in [-0.1, -0.05) is 12.2 Å². The molecule has 0 amide bonds. The molecule has 0 aromatic carbocycles. The van der Waals surface area contributed by atoms with E-state index in [0.29, 0.717) is 11.5 Å². The Bertz CT molecular complexity index is 556. The van der Waals surface area contributed by atoms with Crippen LogP contribution in [0.5, 0.6) is 0 Å². The zero-order valence-corrected chi connectivity index (χ0v) is 13.0. The predicted molar refractivity (Wildman–Crippen MR) is 88.7 cm³/mol. The molecule has 0 N–H and O–H groups in total. The van der Waals surface area contributed by atoms with Crippen molar-refractivity contribution in [1.82, 2.24) is 9.80 Å². The van der Waals surface area contributed by atoms with Gasteiger partial charge in [0.25, 0.3) is 0 Å². The molecule has 1 heterocycles. The molecule has 0 bridgehead atoms. The van der Waals surface area contributed by atoms with E-state index in [0.717, 1.165) is 0 Å². The van der Waals surface area contributed by atoms with Crippen molar-refractivity contribution in [1.29, 1.82) is 0 Å². The topological polar surface area (TPSA) is 36.7 Å². The quantitative estimate of drug-likeness (QED) is 0.754. The molecule has 0 aliphatic heterocycles. The number of nitrogens with zero attached hydrogens (tertiary/aromatic N) is 2. The lowest BCUT2D eigenvalue weighted by Gasteiger charge is -2.01. The summed E-state index contributed by atoms with van der Waals surface area (Å²) >= 11 is 0. The molecule has 0 aliphatic carbocycles. The van der Waals surface area contributed by atoms with Crippen LogP contribution in [0.4, 0.5) is 0 Å². The molecular formula is C17H22N2O2. The minimum absolute atomic E-state index is 0.0753. The third-order valence-electron chi connectivity index (χ3n) is 2.32. The summed E-state index contributed by atoms with van der Waals surface area (Å²) in [5, 5.41) is 0. The van der Waals surface area contributed by atoms with Crippen LogP contribution in [0.3, 0.4) is 0 Å². The molecule has 0 atom stereocenters. The first-order chi connectivity index (χ1) is 9.97. The van der Waals surface area contributed by atoms with Gasteiger partial charge >= 0.3 is 0 Å². The molecule has 0 fully saturated rings. The SMILES string of the molecule is CN(C)/C=C/C=C/c1cc(=O)cc(/C=C/C=C/N(C)C)o1. The molecule has 112 valence electrons. The van der Waals surface area contributed by atoms with Crippen LogP contribution in [0.25, 0.3) is 12.2 Å². The molecule has 1 aromatic rings. The van der Waals surface area contributed by atoms with Crippen molar-refractivity contribution in [3.63, 3.8) is 0 Å². The second-order valence-corrected chi connectivity index (χ2v) is 4.93. The summed E-state index contributed by atoms with van der Waals surface area (Å²) in [5.74, 6) is 1.06. The fourth-order valence-electron chi connectivity index (χ4n) is 1.43. The number of allylic oxidation sites excluding steroid dienone is 4. The maximum absolute atomic E-state index is 11.6. The second kappa shape index (κ2) is 8.64. The molecule has 4 heteroatoms. The van der Waals surface area contributed by atoms with Crippen LogP contribution in [-0.2, 0) is 0 Å². The standard InChI is InChI=1S/C17H22N2O2/c1-18(2)11-7-5-9-16-13-15(20)14-17(21-16)10-6-8-12-19(3)4/h5-14H,1-4H3/b9-5+,10-6+,11-7+,12-8+. The number of hydrogen-bond donors (Lipinski definition) is 0. The van der Waals surface area contributed by atoms with Crippen molar-refractivity contribution in [2.24, 2.45) is 0 Å². The fraction of sp³-hybridized carbons (Fsp3) is 0.235. The third kappa shape index (κ3) is 7.62. The normalized spacial score (nSPS) is 12.2. The molecule has 0 unspecified atom stereocenters. The molecule has 0 saturated heterocycles. The van der Waals surface area contributed by atoms with Crippen molar-refractivity contribution in [2.45, 2.75) is 0 Å². The highest BCUT2D eigenvalue weighted by atomic mass is 16.3. The second-order valence-electron chi connectivity index (χ2n) is 4.93. The Kier molecular flexibility index (Phi) is 6.81. The zero-order valence-electron chi connectivity index (χ0n) is 13.0. The van der Waals surface area contributed by atoms with Crippen LogP contribution >= 0.6 is 0 Å². The highest BCUT2D eigenvalue weighted by Gasteiger charge is 1.96. The predicted octanol–water partition coefficient (Wildman–Crippen LogP) is 2.82. The Labute approximate surface area is 126 Å². The van der Waals surface area contributed by atoms with Gasteiger partial charge in [-0.15, -0.1) is 0 Å². The van der Waals surface area contributed by atoms with E-state index in [-0.39, 0.29) is 5.43 Å². The summed E-state index contributed by atoms with van der Waals surface area (Å²) in [6, 6.07) is 2.93. The highest BCUT2D eigenvalue weighted by molar-refractivity contribution is 5.49. The zero-order chi connectivity index (χ0) is 15.7. The first kappa shape index (κ1) is 16.6. The Balaban J connectivity index is 2.83. The van der Waals surface area contributed by atoms with Crippen LogP contribution in [0.1, 0.15) is 11.5 Å². The van der Waals surface area contributed by atoms with Gasteiger partial charge in [0.2, 0.25) is 0 Å². The molecule has 0 radical (unpaired) electrons.